The fraction of sp³-hybridized carbons (Fsp3) is 0.900. The van der Waals surface area contributed by atoms with Gasteiger partial charge in [-0.3, -0.25) is 4.79 Å². The molecule has 0 aliphatic heterocycles. The zero-order chi connectivity index (χ0) is 9.68. The number of methoxy groups -OCH3 is 1. The van der Waals surface area contributed by atoms with Crippen LogP contribution in [0.15, 0.2) is 0 Å². The molecule has 1 aliphatic carbocycles. The lowest BCUT2D eigenvalue weighted by atomic mass is 9.78. The molecule has 76 valence electrons. The van der Waals surface area contributed by atoms with Crippen LogP contribution in [0.1, 0.15) is 32.1 Å². The van der Waals surface area contributed by atoms with Crippen LogP contribution in [0.25, 0.3) is 0 Å². The molecule has 1 rings (SSSR count). The molecular formula is C10H18O3. The summed E-state index contributed by atoms with van der Waals surface area (Å²) in [4.78, 5) is 11.3. The molecule has 0 aromatic heterocycles. The Morgan fingerprint density at radius 3 is 2.77 bits per heavy atom. The highest BCUT2D eigenvalue weighted by Gasteiger charge is 2.30. The monoisotopic (exact) mass is 186 g/mol. The molecule has 0 bridgehead atoms. The molecule has 0 amide bonds. The molecule has 0 spiro atoms. The number of ether oxygens (including phenoxy) is 1. The molecule has 13 heavy (non-hydrogen) atoms. The first-order valence-electron chi connectivity index (χ1n) is 4.98. The second-order valence-electron chi connectivity index (χ2n) is 3.69. The third kappa shape index (κ3) is 2.69. The van der Waals surface area contributed by atoms with Crippen molar-refractivity contribution in [2.75, 3.05) is 13.7 Å². The Labute approximate surface area is 79.1 Å². The van der Waals surface area contributed by atoms with Gasteiger partial charge in [0.05, 0.1) is 13.0 Å². The molecule has 2 unspecified atom stereocenters. The average molecular weight is 186 g/mol. The minimum Gasteiger partial charge on any atom is -0.469 e. The fourth-order valence-electron chi connectivity index (χ4n) is 2.18. The summed E-state index contributed by atoms with van der Waals surface area (Å²) in [6, 6.07) is 0. The van der Waals surface area contributed by atoms with Gasteiger partial charge in [0.2, 0.25) is 0 Å². The van der Waals surface area contributed by atoms with Crippen LogP contribution >= 0.6 is 0 Å². The summed E-state index contributed by atoms with van der Waals surface area (Å²) in [5.41, 5.74) is 0. The summed E-state index contributed by atoms with van der Waals surface area (Å²) in [6.07, 6.45) is 5.01. The summed E-state index contributed by atoms with van der Waals surface area (Å²) in [6.45, 7) is 0.179. The fourth-order valence-corrected chi connectivity index (χ4v) is 2.18. The van der Waals surface area contributed by atoms with Gasteiger partial charge in [-0.1, -0.05) is 12.8 Å². The van der Waals surface area contributed by atoms with Gasteiger partial charge in [-0.15, -0.1) is 0 Å². The van der Waals surface area contributed by atoms with Gasteiger partial charge in [0.15, 0.2) is 0 Å². The smallest absolute Gasteiger partial charge is 0.308 e. The van der Waals surface area contributed by atoms with Crippen LogP contribution in [0.3, 0.4) is 0 Å². The maximum Gasteiger partial charge on any atom is 0.308 e. The van der Waals surface area contributed by atoms with Crippen LogP contribution in [0.2, 0.25) is 0 Å². The van der Waals surface area contributed by atoms with E-state index in [9.17, 15) is 4.79 Å². The molecule has 1 N–H and O–H groups in total. The number of aliphatic hydroxyl groups is 1. The summed E-state index contributed by atoms with van der Waals surface area (Å²) in [5, 5.41) is 8.84. The van der Waals surface area contributed by atoms with Gasteiger partial charge in [-0.25, -0.2) is 0 Å². The van der Waals surface area contributed by atoms with Gasteiger partial charge in [0.25, 0.3) is 0 Å². The maximum absolute atomic E-state index is 11.3. The third-order valence-electron chi connectivity index (χ3n) is 2.91. The molecule has 0 heterocycles. The minimum atomic E-state index is -0.0989. The molecule has 1 fully saturated rings. The van der Waals surface area contributed by atoms with Crippen molar-refractivity contribution >= 4 is 5.97 Å². The maximum atomic E-state index is 11.3. The van der Waals surface area contributed by atoms with Gasteiger partial charge in [0, 0.05) is 6.61 Å². The lowest BCUT2D eigenvalue weighted by Crippen LogP contribution is -2.28. The number of hydrogen-bond acceptors (Lipinski definition) is 3. The van der Waals surface area contributed by atoms with Crippen LogP contribution < -0.4 is 0 Å². The lowest BCUT2D eigenvalue weighted by Gasteiger charge is -2.28. The van der Waals surface area contributed by atoms with Gasteiger partial charge < -0.3 is 9.84 Å². The van der Waals surface area contributed by atoms with E-state index in [-0.39, 0.29) is 18.5 Å². The molecule has 0 radical (unpaired) electrons. The summed E-state index contributed by atoms with van der Waals surface area (Å²) in [7, 11) is 1.44. The SMILES string of the molecule is COC(=O)C1CCCCC1CCO. The first kappa shape index (κ1) is 10.5. The quantitative estimate of drug-likeness (QED) is 0.677. The highest BCUT2D eigenvalue weighted by Crippen LogP contribution is 2.32. The largest absolute Gasteiger partial charge is 0.469 e. The Hall–Kier alpha value is -0.570. The standard InChI is InChI=1S/C10H18O3/c1-13-10(12)9-5-3-2-4-8(9)6-7-11/h8-9,11H,2-7H2,1H3. The van der Waals surface area contributed by atoms with Gasteiger partial charge in [-0.05, 0) is 25.2 Å². The van der Waals surface area contributed by atoms with Crippen molar-refractivity contribution in [3.05, 3.63) is 0 Å². The number of carbonyl (C=O) groups is 1. The van der Waals surface area contributed by atoms with Gasteiger partial charge >= 0.3 is 5.97 Å². The van der Waals surface area contributed by atoms with E-state index in [1.54, 1.807) is 0 Å². The van der Waals surface area contributed by atoms with E-state index in [2.05, 4.69) is 0 Å². The van der Waals surface area contributed by atoms with Crippen molar-refractivity contribution in [3.8, 4) is 0 Å². The Morgan fingerprint density at radius 2 is 2.15 bits per heavy atom. The van der Waals surface area contributed by atoms with Gasteiger partial charge in [0.1, 0.15) is 0 Å². The Bertz CT molecular complexity index is 166. The van der Waals surface area contributed by atoms with E-state index in [1.165, 1.54) is 13.5 Å². The molecule has 0 aromatic carbocycles. The zero-order valence-corrected chi connectivity index (χ0v) is 8.16. The highest BCUT2D eigenvalue weighted by molar-refractivity contribution is 5.72. The van der Waals surface area contributed by atoms with Crippen molar-refractivity contribution in [2.24, 2.45) is 11.8 Å². The average Bonchev–Trinajstić information content (AvgIpc) is 2.18. The molecule has 0 saturated heterocycles. The second-order valence-corrected chi connectivity index (χ2v) is 3.69. The highest BCUT2D eigenvalue weighted by atomic mass is 16.5. The molecule has 3 heteroatoms. The first-order valence-corrected chi connectivity index (χ1v) is 4.98. The Balaban J connectivity index is 2.50. The van der Waals surface area contributed by atoms with E-state index >= 15 is 0 Å². The van der Waals surface area contributed by atoms with Crippen molar-refractivity contribution in [1.29, 1.82) is 0 Å². The van der Waals surface area contributed by atoms with Crippen LogP contribution in [0, 0.1) is 11.8 Å². The van der Waals surface area contributed by atoms with E-state index in [1.807, 2.05) is 0 Å². The van der Waals surface area contributed by atoms with Crippen LogP contribution in [-0.4, -0.2) is 24.8 Å². The number of rotatable bonds is 3. The zero-order valence-electron chi connectivity index (χ0n) is 8.16. The number of hydrogen-bond donors (Lipinski definition) is 1. The predicted octanol–water partition coefficient (Wildman–Crippen LogP) is 1.35. The first-order chi connectivity index (χ1) is 6.29. The van der Waals surface area contributed by atoms with E-state index in [0.717, 1.165) is 25.7 Å². The molecule has 0 aromatic rings. The van der Waals surface area contributed by atoms with Crippen molar-refractivity contribution in [1.82, 2.24) is 0 Å². The minimum absolute atomic E-state index is 0.0332. The Kier molecular flexibility index (Phi) is 4.22. The van der Waals surface area contributed by atoms with Crippen LogP contribution in [0.4, 0.5) is 0 Å². The molecule has 1 aliphatic rings. The molecular weight excluding hydrogens is 168 g/mol. The third-order valence-corrected chi connectivity index (χ3v) is 2.91. The van der Waals surface area contributed by atoms with Crippen molar-refractivity contribution in [2.45, 2.75) is 32.1 Å². The number of aliphatic hydroxyl groups excluding tert-OH is 1. The van der Waals surface area contributed by atoms with E-state index in [0.29, 0.717) is 5.92 Å². The van der Waals surface area contributed by atoms with Crippen LogP contribution in [-0.2, 0) is 9.53 Å². The number of esters is 1. The summed E-state index contributed by atoms with van der Waals surface area (Å²) >= 11 is 0. The molecule has 3 nitrogen and oxygen atoms in total. The normalized spacial score (nSPS) is 28.5. The predicted molar refractivity (Wildman–Crippen MR) is 49.2 cm³/mol. The van der Waals surface area contributed by atoms with E-state index < -0.39 is 0 Å². The second kappa shape index (κ2) is 5.22. The van der Waals surface area contributed by atoms with E-state index in [4.69, 9.17) is 9.84 Å². The van der Waals surface area contributed by atoms with Crippen LogP contribution in [0.5, 0.6) is 0 Å². The Morgan fingerprint density at radius 1 is 1.46 bits per heavy atom. The molecule has 1 saturated carbocycles. The molecule has 2 atom stereocenters. The number of carbonyl (C=O) groups excluding carboxylic acids is 1. The van der Waals surface area contributed by atoms with Crippen molar-refractivity contribution < 1.29 is 14.6 Å². The lowest BCUT2D eigenvalue weighted by molar-refractivity contribution is -0.148. The summed E-state index contributed by atoms with van der Waals surface area (Å²) < 4.78 is 4.75. The summed E-state index contributed by atoms with van der Waals surface area (Å²) in [5.74, 6) is 0.273. The van der Waals surface area contributed by atoms with Gasteiger partial charge in [-0.2, -0.15) is 0 Å². The van der Waals surface area contributed by atoms with Crippen molar-refractivity contribution in [3.63, 3.8) is 0 Å². The topological polar surface area (TPSA) is 46.5 Å².